The third kappa shape index (κ3) is 4.90. The maximum Gasteiger partial charge on any atom is 0.287 e. The highest BCUT2D eigenvalue weighted by atomic mass is 16.5. The fraction of sp³-hybridized carbons (Fsp3) is 0.273. The summed E-state index contributed by atoms with van der Waals surface area (Å²) < 4.78 is 16.9. The van der Waals surface area contributed by atoms with Crippen LogP contribution < -0.4 is 15.8 Å². The van der Waals surface area contributed by atoms with E-state index in [9.17, 15) is 14.7 Å². The summed E-state index contributed by atoms with van der Waals surface area (Å²) >= 11 is 0. The Labute approximate surface area is 173 Å². The molecule has 0 unspecified atom stereocenters. The lowest BCUT2D eigenvalue weighted by molar-refractivity contribution is 0.0904. The van der Waals surface area contributed by atoms with Gasteiger partial charge in [-0.1, -0.05) is 25.1 Å². The number of nitrogens with one attached hydrogen (secondary N) is 1. The fourth-order valence-corrected chi connectivity index (χ4v) is 2.97. The van der Waals surface area contributed by atoms with Crippen molar-refractivity contribution in [3.63, 3.8) is 0 Å². The lowest BCUT2D eigenvalue weighted by Crippen LogP contribution is -2.28. The maximum absolute atomic E-state index is 12.6. The Balaban J connectivity index is 1.61. The first kappa shape index (κ1) is 21.2. The molecule has 0 atom stereocenters. The molecule has 2 amide bonds. The summed E-state index contributed by atoms with van der Waals surface area (Å²) in [7, 11) is 0. The largest absolute Gasteiger partial charge is 0.507 e. The average Bonchev–Trinajstić information content (AvgIpc) is 3.10. The molecule has 30 heavy (non-hydrogen) atoms. The number of aromatic hydroxyl groups is 1. The summed E-state index contributed by atoms with van der Waals surface area (Å²) in [5.74, 6) is -0.782. The van der Waals surface area contributed by atoms with Crippen molar-refractivity contribution in [2.24, 2.45) is 5.73 Å². The molecule has 2 aromatic carbocycles. The van der Waals surface area contributed by atoms with E-state index in [-0.39, 0.29) is 42.7 Å². The van der Waals surface area contributed by atoms with E-state index in [0.29, 0.717) is 23.5 Å². The van der Waals surface area contributed by atoms with Gasteiger partial charge in [-0.2, -0.15) is 0 Å². The third-order valence-electron chi connectivity index (χ3n) is 4.39. The monoisotopic (exact) mass is 412 g/mol. The Morgan fingerprint density at radius 1 is 1.17 bits per heavy atom. The summed E-state index contributed by atoms with van der Waals surface area (Å²) in [4.78, 5) is 23.8. The van der Waals surface area contributed by atoms with Crippen LogP contribution >= 0.6 is 0 Å². The van der Waals surface area contributed by atoms with Crippen molar-refractivity contribution in [1.29, 1.82) is 0 Å². The van der Waals surface area contributed by atoms with Crippen LogP contribution in [0.2, 0.25) is 0 Å². The van der Waals surface area contributed by atoms with Gasteiger partial charge in [0, 0.05) is 23.6 Å². The number of hydrogen-bond acceptors (Lipinski definition) is 6. The maximum atomic E-state index is 12.6. The van der Waals surface area contributed by atoms with Crippen LogP contribution in [0.4, 0.5) is 0 Å². The van der Waals surface area contributed by atoms with Gasteiger partial charge in [0.1, 0.15) is 23.7 Å². The molecule has 4 N–H and O–H groups in total. The molecule has 0 aliphatic carbocycles. The summed E-state index contributed by atoms with van der Waals surface area (Å²) in [6, 6.07) is 11.6. The molecule has 1 aromatic heterocycles. The predicted octanol–water partition coefficient (Wildman–Crippen LogP) is 2.97. The Bertz CT molecular complexity index is 1040. The number of ether oxygens (including phenoxy) is 2. The molecule has 8 nitrogen and oxygen atoms in total. The molecule has 0 aliphatic heterocycles. The van der Waals surface area contributed by atoms with Crippen LogP contribution in [-0.4, -0.2) is 36.7 Å². The fourth-order valence-electron chi connectivity index (χ4n) is 2.97. The van der Waals surface area contributed by atoms with Crippen LogP contribution in [0.25, 0.3) is 11.0 Å². The number of primary amides is 1. The Morgan fingerprint density at radius 3 is 2.70 bits per heavy atom. The molecule has 0 saturated heterocycles. The molecular weight excluding hydrogens is 388 g/mol. The highest BCUT2D eigenvalue weighted by molar-refractivity contribution is 5.99. The standard InChI is InChI=1S/C22H24N2O6/c1-2-10-28-13-17-15-5-3-4-6-19(15)30-20(17)22(27)24-9-11-29-14-7-8-16(21(23)26)18(25)12-14/h3-8,12,25H,2,9-11,13H2,1H3,(H2,23,26)(H,24,27). The van der Waals surface area contributed by atoms with Gasteiger partial charge in [0.05, 0.1) is 18.7 Å². The number of fused-ring (bicyclic) bond motifs is 1. The Morgan fingerprint density at radius 2 is 1.97 bits per heavy atom. The van der Waals surface area contributed by atoms with Crippen molar-refractivity contribution in [3.8, 4) is 11.5 Å². The van der Waals surface area contributed by atoms with E-state index in [4.69, 9.17) is 19.6 Å². The Kier molecular flexibility index (Phi) is 6.92. The normalized spacial score (nSPS) is 10.8. The van der Waals surface area contributed by atoms with Gasteiger partial charge in [0.15, 0.2) is 5.76 Å². The quantitative estimate of drug-likeness (QED) is 0.440. The molecule has 0 saturated carbocycles. The zero-order chi connectivity index (χ0) is 21.5. The van der Waals surface area contributed by atoms with Gasteiger partial charge in [-0.3, -0.25) is 9.59 Å². The first-order valence-corrected chi connectivity index (χ1v) is 9.63. The summed E-state index contributed by atoms with van der Waals surface area (Å²) in [5, 5.41) is 13.4. The number of para-hydroxylation sites is 1. The first-order valence-electron chi connectivity index (χ1n) is 9.63. The zero-order valence-corrected chi connectivity index (χ0v) is 16.6. The van der Waals surface area contributed by atoms with Gasteiger partial charge in [-0.05, 0) is 24.6 Å². The molecule has 0 bridgehead atoms. The van der Waals surface area contributed by atoms with E-state index in [2.05, 4.69) is 5.32 Å². The zero-order valence-electron chi connectivity index (χ0n) is 16.6. The third-order valence-corrected chi connectivity index (χ3v) is 4.39. The molecule has 0 spiro atoms. The van der Waals surface area contributed by atoms with E-state index in [1.165, 1.54) is 18.2 Å². The van der Waals surface area contributed by atoms with E-state index < -0.39 is 5.91 Å². The number of amides is 2. The predicted molar refractivity (Wildman–Crippen MR) is 111 cm³/mol. The van der Waals surface area contributed by atoms with Gasteiger partial charge < -0.3 is 30.0 Å². The molecule has 158 valence electrons. The molecule has 8 heteroatoms. The number of furan rings is 1. The number of hydrogen-bond donors (Lipinski definition) is 3. The van der Waals surface area contributed by atoms with Gasteiger partial charge in [0.25, 0.3) is 11.8 Å². The number of rotatable bonds is 10. The Hall–Kier alpha value is -3.52. The van der Waals surface area contributed by atoms with Crippen LogP contribution in [0.15, 0.2) is 46.9 Å². The van der Waals surface area contributed by atoms with Crippen LogP contribution in [0, 0.1) is 0 Å². The van der Waals surface area contributed by atoms with Crippen LogP contribution in [0.3, 0.4) is 0 Å². The summed E-state index contributed by atoms with van der Waals surface area (Å²) in [6.07, 6.45) is 0.880. The molecule has 0 radical (unpaired) electrons. The molecular formula is C22H24N2O6. The van der Waals surface area contributed by atoms with E-state index >= 15 is 0 Å². The van der Waals surface area contributed by atoms with Crippen molar-refractivity contribution in [2.75, 3.05) is 19.8 Å². The lowest BCUT2D eigenvalue weighted by atomic mass is 10.1. The van der Waals surface area contributed by atoms with Gasteiger partial charge >= 0.3 is 0 Å². The van der Waals surface area contributed by atoms with Gasteiger partial charge in [-0.25, -0.2) is 0 Å². The highest BCUT2D eigenvalue weighted by Crippen LogP contribution is 2.27. The number of nitrogens with two attached hydrogens (primary N) is 1. The second-order valence-corrected chi connectivity index (χ2v) is 6.61. The molecule has 3 rings (SSSR count). The van der Waals surface area contributed by atoms with Crippen molar-refractivity contribution in [1.82, 2.24) is 5.32 Å². The minimum Gasteiger partial charge on any atom is -0.507 e. The minimum absolute atomic E-state index is 0.0124. The summed E-state index contributed by atoms with van der Waals surface area (Å²) in [6.45, 7) is 3.26. The SMILES string of the molecule is CCCOCc1c(C(=O)NCCOc2ccc(C(N)=O)c(O)c2)oc2ccccc12. The van der Waals surface area contributed by atoms with Crippen LogP contribution in [0.1, 0.15) is 39.8 Å². The van der Waals surface area contributed by atoms with E-state index in [1.807, 2.05) is 25.1 Å². The molecule has 0 fully saturated rings. The number of benzene rings is 2. The van der Waals surface area contributed by atoms with Crippen molar-refractivity contribution in [3.05, 3.63) is 59.4 Å². The smallest absolute Gasteiger partial charge is 0.287 e. The molecule has 1 heterocycles. The van der Waals surface area contributed by atoms with Gasteiger partial charge in [-0.15, -0.1) is 0 Å². The average molecular weight is 412 g/mol. The number of carbonyl (C=O) groups excluding carboxylic acids is 2. The minimum atomic E-state index is -0.726. The van der Waals surface area contributed by atoms with Crippen molar-refractivity contribution < 1.29 is 28.6 Å². The second-order valence-electron chi connectivity index (χ2n) is 6.61. The van der Waals surface area contributed by atoms with Crippen LogP contribution in [0.5, 0.6) is 11.5 Å². The van der Waals surface area contributed by atoms with Crippen molar-refractivity contribution >= 4 is 22.8 Å². The lowest BCUT2D eigenvalue weighted by Gasteiger charge is -2.09. The number of phenols is 1. The van der Waals surface area contributed by atoms with E-state index in [0.717, 1.165) is 11.8 Å². The highest BCUT2D eigenvalue weighted by Gasteiger charge is 2.20. The topological polar surface area (TPSA) is 124 Å². The van der Waals surface area contributed by atoms with Crippen LogP contribution in [-0.2, 0) is 11.3 Å². The van der Waals surface area contributed by atoms with Gasteiger partial charge in [0.2, 0.25) is 0 Å². The molecule has 0 aliphatic rings. The van der Waals surface area contributed by atoms with E-state index in [1.54, 1.807) is 6.07 Å². The van der Waals surface area contributed by atoms with Crippen molar-refractivity contribution in [2.45, 2.75) is 20.0 Å². The summed E-state index contributed by atoms with van der Waals surface area (Å²) in [5.41, 5.74) is 6.50. The molecule has 3 aromatic rings. The first-order chi connectivity index (χ1) is 14.5. The number of carbonyl (C=O) groups is 2. The second kappa shape index (κ2) is 9.80.